The van der Waals surface area contributed by atoms with Crippen molar-refractivity contribution in [1.82, 2.24) is 9.13 Å². The molecular formula is C56H47BrN4O2. The number of benzene rings is 9. The van der Waals surface area contributed by atoms with Gasteiger partial charge in [0, 0.05) is 70.4 Å². The molecule has 0 saturated carbocycles. The van der Waals surface area contributed by atoms with Gasteiger partial charge < -0.3 is 18.0 Å². The molecule has 4 heterocycles. The average molecular weight is 888 g/mol. The number of nitriles is 2. The normalized spacial score (nSPS) is 11.5. The number of hydrogen-bond donors (Lipinski definition) is 0. The quantitative estimate of drug-likeness (QED) is 0.177. The van der Waals surface area contributed by atoms with E-state index in [1.165, 1.54) is 38.1 Å². The van der Waals surface area contributed by atoms with Gasteiger partial charge in [-0.25, -0.2) is 0 Å². The third kappa shape index (κ3) is 5.90. The van der Waals surface area contributed by atoms with Crippen molar-refractivity contribution in [2.24, 2.45) is 0 Å². The van der Waals surface area contributed by atoms with Crippen molar-refractivity contribution in [2.75, 3.05) is 0 Å². The Balaban J connectivity index is 0.000000394. The monoisotopic (exact) mass is 886 g/mol. The maximum atomic E-state index is 9.55. The van der Waals surface area contributed by atoms with Crippen LogP contribution in [0.2, 0.25) is 0 Å². The Hall–Kier alpha value is -8.36. The molecule has 0 saturated heterocycles. The molecule has 63 heavy (non-hydrogen) atoms. The van der Waals surface area contributed by atoms with E-state index in [1.807, 2.05) is 48.5 Å². The van der Waals surface area contributed by atoms with Crippen molar-refractivity contribution >= 4 is 103 Å². The highest BCUT2D eigenvalue weighted by atomic mass is 79.9. The zero-order valence-electron chi connectivity index (χ0n) is 33.4. The van der Waals surface area contributed by atoms with Gasteiger partial charge in [0.05, 0.1) is 45.3 Å². The Morgan fingerprint density at radius 2 is 0.857 bits per heavy atom. The first-order chi connectivity index (χ1) is 31.0. The van der Waals surface area contributed by atoms with E-state index in [9.17, 15) is 5.26 Å². The molecule has 9 aromatic carbocycles. The predicted molar refractivity (Wildman–Crippen MR) is 276 cm³/mol. The summed E-state index contributed by atoms with van der Waals surface area (Å²) in [5, 5.41) is 27.3. The number of hydrogen-bond acceptors (Lipinski definition) is 4. The molecule has 0 radical (unpaired) electrons. The van der Waals surface area contributed by atoms with Crippen LogP contribution in [0.5, 0.6) is 0 Å². The Bertz CT molecular complexity index is 4120. The maximum Gasteiger partial charge on any atom is 0.135 e. The molecule has 0 unspecified atom stereocenters. The average Bonchev–Trinajstić information content (AvgIpc) is 4.08. The second-order valence-electron chi connectivity index (χ2n) is 15.7. The highest BCUT2D eigenvalue weighted by Gasteiger charge is 2.18. The van der Waals surface area contributed by atoms with Gasteiger partial charge in [-0.3, -0.25) is 0 Å². The molecule has 0 aliphatic carbocycles. The lowest BCUT2D eigenvalue weighted by Crippen LogP contribution is -1.94. The first kappa shape index (κ1) is 36.5. The van der Waals surface area contributed by atoms with Crippen LogP contribution in [0.4, 0.5) is 0 Å². The molecule has 0 amide bonds. The number of rotatable bonds is 3. The molecular weight excluding hydrogens is 841 g/mol. The van der Waals surface area contributed by atoms with Gasteiger partial charge in [0.1, 0.15) is 22.3 Å². The van der Waals surface area contributed by atoms with Gasteiger partial charge in [-0.05, 0) is 126 Å². The molecule has 0 aliphatic rings. The summed E-state index contributed by atoms with van der Waals surface area (Å²) < 4.78 is 17.5. The number of halogens is 1. The predicted octanol–water partition coefficient (Wildman–Crippen LogP) is 17.5. The van der Waals surface area contributed by atoms with Crippen LogP contribution in [0, 0.1) is 22.7 Å². The van der Waals surface area contributed by atoms with Crippen LogP contribution in [-0.2, 0) is 0 Å². The maximum absolute atomic E-state index is 9.55. The Kier molecular flexibility index (Phi) is 8.33. The summed E-state index contributed by atoms with van der Waals surface area (Å²) in [5.41, 5.74) is 13.7. The van der Waals surface area contributed by atoms with E-state index in [0.29, 0.717) is 11.1 Å². The fourth-order valence-corrected chi connectivity index (χ4v) is 9.59. The number of aromatic nitrogens is 2. The molecule has 0 spiro atoms. The summed E-state index contributed by atoms with van der Waals surface area (Å²) in [7, 11) is 0. The summed E-state index contributed by atoms with van der Waals surface area (Å²) in [6.07, 6.45) is 0. The topological polar surface area (TPSA) is 83.7 Å². The fraction of sp³-hybridized carbons (Fsp3) is 0. The van der Waals surface area contributed by atoms with Crippen LogP contribution in [0.1, 0.15) is 22.5 Å². The smallest absolute Gasteiger partial charge is 0.135 e. The number of para-hydroxylation sites is 3. The second-order valence-corrected chi connectivity index (χ2v) is 16.6. The van der Waals surface area contributed by atoms with E-state index in [2.05, 4.69) is 165 Å². The fourth-order valence-electron chi connectivity index (χ4n) is 9.23. The van der Waals surface area contributed by atoms with Crippen molar-refractivity contribution in [1.29, 1.82) is 10.5 Å². The summed E-state index contributed by atoms with van der Waals surface area (Å²) in [6.45, 7) is 0. The van der Waals surface area contributed by atoms with Gasteiger partial charge in [0.2, 0.25) is 0 Å². The molecule has 0 N–H and O–H groups in total. The van der Waals surface area contributed by atoms with Crippen molar-refractivity contribution in [3.63, 3.8) is 0 Å². The van der Waals surface area contributed by atoms with E-state index < -0.39 is 0 Å². The van der Waals surface area contributed by atoms with E-state index in [-0.39, 0.29) is 11.4 Å². The first-order valence-electron chi connectivity index (χ1n) is 20.5. The summed E-state index contributed by atoms with van der Waals surface area (Å²) in [5.74, 6) is 0. The molecule has 13 rings (SSSR count). The number of nitrogens with zero attached hydrogens (tertiary/aromatic N) is 4. The largest absolute Gasteiger partial charge is 0.456 e. The van der Waals surface area contributed by atoms with Gasteiger partial charge >= 0.3 is 0 Å². The molecule has 13 aromatic rings. The summed E-state index contributed by atoms with van der Waals surface area (Å²) in [4.78, 5) is 0. The van der Waals surface area contributed by atoms with Crippen LogP contribution < -0.4 is 0 Å². The second kappa shape index (κ2) is 14.4. The van der Waals surface area contributed by atoms with Crippen molar-refractivity contribution in [3.05, 3.63) is 204 Å². The first-order valence-corrected chi connectivity index (χ1v) is 21.3. The molecule has 0 bridgehead atoms. The standard InChI is InChI=1S/C43H25N3O.C13H6BrNO.8H2/c44-26-27-14-20-42-36(22-27)37-25-31(17-21-43(37)47-42)46-38-12-6-4-10-32(38)34-18-15-29(24-41(34)46)28-16-19-40-35(23-28)33-11-5-7-13-39(33)45(40)30-8-2-1-3-9-30;14-9-2-4-13-11(6-9)10-5-8(7-15)1-3-12(10)16-13;;;;;;;;/h1-25H;1-6H;8*1H. The van der Waals surface area contributed by atoms with Crippen LogP contribution in [-0.4, -0.2) is 9.13 Å². The SMILES string of the molecule is N#Cc1ccc2oc3ccc(-n4c5ccccc5c5ccc(-c6ccc7c(c6)c6ccccc6n7-c6ccccc6)cc54)cc3c2c1.N#Cc1ccc2oc3ccc(Br)cc3c2c1.[HH].[HH].[HH].[HH].[HH].[HH].[HH].[HH]. The Labute approximate surface area is 380 Å². The van der Waals surface area contributed by atoms with E-state index in [4.69, 9.17) is 14.1 Å². The lowest BCUT2D eigenvalue weighted by molar-refractivity contribution is 0.668. The van der Waals surface area contributed by atoms with Crippen molar-refractivity contribution in [2.45, 2.75) is 0 Å². The molecule has 0 atom stereocenters. The molecule has 310 valence electrons. The van der Waals surface area contributed by atoms with Crippen molar-refractivity contribution < 1.29 is 20.2 Å². The van der Waals surface area contributed by atoms with Gasteiger partial charge in [0.15, 0.2) is 0 Å². The minimum atomic E-state index is 0. The summed E-state index contributed by atoms with van der Waals surface area (Å²) in [6, 6.07) is 69.1. The molecule has 7 heteroatoms. The lowest BCUT2D eigenvalue weighted by Gasteiger charge is -2.10. The molecule has 4 aromatic heterocycles. The van der Waals surface area contributed by atoms with Gasteiger partial charge in [-0.2, -0.15) is 10.5 Å². The van der Waals surface area contributed by atoms with Crippen LogP contribution in [0.15, 0.2) is 201 Å². The van der Waals surface area contributed by atoms with Gasteiger partial charge in [-0.1, -0.05) is 88.7 Å². The molecule has 0 fully saturated rings. The minimum Gasteiger partial charge on any atom is -0.456 e. The lowest BCUT2D eigenvalue weighted by atomic mass is 10.0. The Morgan fingerprint density at radius 1 is 0.365 bits per heavy atom. The van der Waals surface area contributed by atoms with Crippen molar-refractivity contribution in [3.8, 4) is 34.6 Å². The molecule has 6 nitrogen and oxygen atoms in total. The minimum absolute atomic E-state index is 0. The number of fused-ring (bicyclic) bond motifs is 12. The number of furan rings is 2. The van der Waals surface area contributed by atoms with Gasteiger partial charge in [-0.15, -0.1) is 0 Å². The van der Waals surface area contributed by atoms with E-state index >= 15 is 0 Å². The van der Waals surface area contributed by atoms with Crippen LogP contribution >= 0.6 is 15.9 Å². The van der Waals surface area contributed by atoms with E-state index in [0.717, 1.165) is 76.3 Å². The highest BCUT2D eigenvalue weighted by molar-refractivity contribution is 9.10. The van der Waals surface area contributed by atoms with Crippen LogP contribution in [0.25, 0.3) is 110 Å². The molecule has 0 aliphatic heterocycles. The third-order valence-corrected chi connectivity index (χ3v) is 12.6. The van der Waals surface area contributed by atoms with Gasteiger partial charge in [0.25, 0.3) is 0 Å². The third-order valence-electron chi connectivity index (χ3n) is 12.1. The summed E-state index contributed by atoms with van der Waals surface area (Å²) >= 11 is 3.43. The zero-order chi connectivity index (χ0) is 42.2. The zero-order valence-corrected chi connectivity index (χ0v) is 35.0. The van der Waals surface area contributed by atoms with Crippen LogP contribution in [0.3, 0.4) is 0 Å². The highest BCUT2D eigenvalue weighted by Crippen LogP contribution is 2.40. The van der Waals surface area contributed by atoms with E-state index in [1.54, 1.807) is 12.1 Å². The Morgan fingerprint density at radius 3 is 1.52 bits per heavy atom.